The number of carbonyl (C=O) groups is 1. The Hall–Kier alpha value is -4.71. The van der Waals surface area contributed by atoms with E-state index in [1.165, 1.54) is 12.1 Å². The van der Waals surface area contributed by atoms with Gasteiger partial charge in [0.1, 0.15) is 22.9 Å². The highest BCUT2D eigenvalue weighted by molar-refractivity contribution is 5.99. The smallest absolute Gasteiger partial charge is 0.291 e. The largest absolute Gasteiger partial charge is 0.457 e. The monoisotopic (exact) mass is 491 g/mol. The maximum absolute atomic E-state index is 14.0. The van der Waals surface area contributed by atoms with E-state index >= 15 is 0 Å². The summed E-state index contributed by atoms with van der Waals surface area (Å²) in [4.78, 5) is 29.0. The zero-order valence-corrected chi connectivity index (χ0v) is 20.0. The Balaban J connectivity index is 1.50. The molecule has 6 rings (SSSR count). The highest BCUT2D eigenvalue weighted by Gasteiger charge is 2.42. The standard InChI is InChI=1S/C31H22FNO4/c1-19-10-12-20(13-11-19)18-33-28(21-6-5-9-24(16-21)36-23-7-3-2-4-8-23)27-29(34)25-17-22(32)14-15-26(25)37-30(27)31(33)35/h2-17,28H,18H2,1H3. The first-order valence-corrected chi connectivity index (χ1v) is 11.9. The summed E-state index contributed by atoms with van der Waals surface area (Å²) in [6.07, 6.45) is 0. The van der Waals surface area contributed by atoms with Crippen LogP contribution in [0.4, 0.5) is 4.39 Å². The lowest BCUT2D eigenvalue weighted by Gasteiger charge is -2.25. The number of hydrogen-bond acceptors (Lipinski definition) is 4. The summed E-state index contributed by atoms with van der Waals surface area (Å²) in [6, 6.07) is 27.5. The number of nitrogens with zero attached hydrogens (tertiary/aromatic N) is 1. The van der Waals surface area contributed by atoms with Crippen LogP contribution in [-0.4, -0.2) is 10.8 Å². The number of rotatable bonds is 5. The predicted octanol–water partition coefficient (Wildman–Crippen LogP) is 6.78. The fraction of sp³-hybridized carbons (Fsp3) is 0.0968. The average Bonchev–Trinajstić information content (AvgIpc) is 3.18. The number of ether oxygens (including phenoxy) is 1. The van der Waals surface area contributed by atoms with E-state index in [1.807, 2.05) is 85.8 Å². The van der Waals surface area contributed by atoms with Crippen LogP contribution in [0.5, 0.6) is 11.5 Å². The number of hydrogen-bond donors (Lipinski definition) is 0. The Kier molecular flexibility index (Phi) is 5.57. The van der Waals surface area contributed by atoms with Gasteiger partial charge in [-0.2, -0.15) is 0 Å². The number of halogens is 1. The van der Waals surface area contributed by atoms with Gasteiger partial charge in [-0.05, 0) is 60.5 Å². The molecule has 6 heteroatoms. The molecular weight excluding hydrogens is 469 g/mol. The van der Waals surface area contributed by atoms with Crippen LogP contribution < -0.4 is 10.2 Å². The Labute approximate surface area is 212 Å². The van der Waals surface area contributed by atoms with Crippen LogP contribution in [0.1, 0.15) is 38.9 Å². The Morgan fingerprint density at radius 2 is 1.62 bits per heavy atom. The van der Waals surface area contributed by atoms with E-state index in [-0.39, 0.29) is 28.8 Å². The van der Waals surface area contributed by atoms with Gasteiger partial charge in [-0.3, -0.25) is 9.59 Å². The predicted molar refractivity (Wildman–Crippen MR) is 138 cm³/mol. The molecule has 0 N–H and O–H groups in total. The van der Waals surface area contributed by atoms with Crippen molar-refractivity contribution in [3.05, 3.63) is 141 Å². The second-order valence-electron chi connectivity index (χ2n) is 9.12. The molecule has 0 saturated carbocycles. The number of aryl methyl sites for hydroxylation is 1. The highest BCUT2D eigenvalue weighted by Crippen LogP contribution is 2.40. The van der Waals surface area contributed by atoms with Gasteiger partial charge in [0, 0.05) is 6.54 Å². The number of amides is 1. The molecule has 5 aromatic rings. The molecule has 0 bridgehead atoms. The van der Waals surface area contributed by atoms with Crippen molar-refractivity contribution in [1.29, 1.82) is 0 Å². The quantitative estimate of drug-likeness (QED) is 0.272. The lowest BCUT2D eigenvalue weighted by Crippen LogP contribution is -2.29. The minimum Gasteiger partial charge on any atom is -0.457 e. The maximum Gasteiger partial charge on any atom is 0.291 e. The third-order valence-corrected chi connectivity index (χ3v) is 6.55. The number of benzene rings is 4. The molecule has 2 heterocycles. The third-order valence-electron chi connectivity index (χ3n) is 6.55. The van der Waals surface area contributed by atoms with Gasteiger partial charge in [0.25, 0.3) is 5.91 Å². The average molecular weight is 492 g/mol. The molecule has 4 aromatic carbocycles. The van der Waals surface area contributed by atoms with Crippen molar-refractivity contribution in [2.75, 3.05) is 0 Å². The van der Waals surface area contributed by atoms with Crippen LogP contribution >= 0.6 is 0 Å². The van der Waals surface area contributed by atoms with Crippen molar-refractivity contribution in [3.8, 4) is 11.5 Å². The first-order valence-electron chi connectivity index (χ1n) is 11.9. The van der Waals surface area contributed by atoms with Crippen molar-refractivity contribution in [3.63, 3.8) is 0 Å². The summed E-state index contributed by atoms with van der Waals surface area (Å²) in [7, 11) is 0. The molecule has 1 aliphatic heterocycles. The number of para-hydroxylation sites is 1. The molecule has 1 aromatic heterocycles. The van der Waals surface area contributed by atoms with E-state index < -0.39 is 23.2 Å². The normalized spacial score (nSPS) is 14.7. The number of carbonyl (C=O) groups excluding carboxylic acids is 1. The van der Waals surface area contributed by atoms with Crippen LogP contribution in [0, 0.1) is 12.7 Å². The van der Waals surface area contributed by atoms with Crippen LogP contribution in [0.3, 0.4) is 0 Å². The molecule has 1 atom stereocenters. The van der Waals surface area contributed by atoms with Gasteiger partial charge in [0.15, 0.2) is 5.43 Å². The van der Waals surface area contributed by atoms with Crippen molar-refractivity contribution in [2.24, 2.45) is 0 Å². The maximum atomic E-state index is 14.0. The minimum absolute atomic E-state index is 0.0180. The second-order valence-corrected chi connectivity index (χ2v) is 9.12. The molecule has 5 nitrogen and oxygen atoms in total. The molecule has 182 valence electrons. The zero-order valence-electron chi connectivity index (χ0n) is 20.0. The number of fused-ring (bicyclic) bond motifs is 2. The molecule has 0 aliphatic carbocycles. The summed E-state index contributed by atoms with van der Waals surface area (Å²) in [6.45, 7) is 2.26. The van der Waals surface area contributed by atoms with Gasteiger partial charge in [-0.15, -0.1) is 0 Å². The van der Waals surface area contributed by atoms with E-state index in [0.717, 1.165) is 17.2 Å². The summed E-state index contributed by atoms with van der Waals surface area (Å²) >= 11 is 0. The van der Waals surface area contributed by atoms with E-state index in [4.69, 9.17) is 9.15 Å². The third kappa shape index (κ3) is 4.16. The summed E-state index contributed by atoms with van der Waals surface area (Å²) in [5.74, 6) is 0.278. The highest BCUT2D eigenvalue weighted by atomic mass is 19.1. The summed E-state index contributed by atoms with van der Waals surface area (Å²) in [5.41, 5.74) is 2.66. The van der Waals surface area contributed by atoms with Gasteiger partial charge in [-0.1, -0.05) is 60.2 Å². The SMILES string of the molecule is Cc1ccc(CN2C(=O)c3oc4ccc(F)cc4c(=O)c3C2c2cccc(Oc3ccccc3)c2)cc1. The van der Waals surface area contributed by atoms with Crippen molar-refractivity contribution in [1.82, 2.24) is 4.90 Å². The van der Waals surface area contributed by atoms with E-state index in [2.05, 4.69) is 0 Å². The Bertz CT molecular complexity index is 1690. The Morgan fingerprint density at radius 1 is 0.865 bits per heavy atom. The van der Waals surface area contributed by atoms with Crippen LogP contribution in [0.15, 0.2) is 106 Å². The molecule has 0 saturated heterocycles. The lowest BCUT2D eigenvalue weighted by atomic mass is 9.98. The first-order chi connectivity index (χ1) is 18.0. The fourth-order valence-corrected chi connectivity index (χ4v) is 4.77. The van der Waals surface area contributed by atoms with Gasteiger partial charge in [0.2, 0.25) is 5.76 Å². The molecule has 37 heavy (non-hydrogen) atoms. The van der Waals surface area contributed by atoms with Crippen molar-refractivity contribution in [2.45, 2.75) is 19.5 Å². The fourth-order valence-electron chi connectivity index (χ4n) is 4.77. The second kappa shape index (κ2) is 9.06. The van der Waals surface area contributed by atoms with Gasteiger partial charge < -0.3 is 14.1 Å². The molecule has 0 fully saturated rings. The van der Waals surface area contributed by atoms with Crippen LogP contribution in [-0.2, 0) is 6.54 Å². The van der Waals surface area contributed by atoms with Crippen molar-refractivity contribution < 1.29 is 18.3 Å². The van der Waals surface area contributed by atoms with Crippen LogP contribution in [0.2, 0.25) is 0 Å². The summed E-state index contributed by atoms with van der Waals surface area (Å²) < 4.78 is 26.0. The van der Waals surface area contributed by atoms with Gasteiger partial charge >= 0.3 is 0 Å². The van der Waals surface area contributed by atoms with Gasteiger partial charge in [-0.25, -0.2) is 4.39 Å². The molecular formula is C31H22FNO4. The molecule has 1 unspecified atom stereocenters. The minimum atomic E-state index is -0.730. The molecule has 1 aliphatic rings. The van der Waals surface area contributed by atoms with Crippen molar-refractivity contribution >= 4 is 16.9 Å². The lowest BCUT2D eigenvalue weighted by molar-refractivity contribution is 0.0714. The molecule has 1 amide bonds. The first kappa shape index (κ1) is 22.7. The van der Waals surface area contributed by atoms with E-state index in [9.17, 15) is 14.0 Å². The van der Waals surface area contributed by atoms with E-state index in [1.54, 1.807) is 4.90 Å². The molecule has 0 radical (unpaired) electrons. The van der Waals surface area contributed by atoms with Crippen LogP contribution in [0.25, 0.3) is 11.0 Å². The Morgan fingerprint density at radius 3 is 2.41 bits per heavy atom. The topological polar surface area (TPSA) is 59.8 Å². The molecule has 0 spiro atoms. The van der Waals surface area contributed by atoms with Gasteiger partial charge in [0.05, 0.1) is 17.0 Å². The van der Waals surface area contributed by atoms with E-state index in [0.29, 0.717) is 17.1 Å². The summed E-state index contributed by atoms with van der Waals surface area (Å²) in [5, 5.41) is 0.102. The zero-order chi connectivity index (χ0) is 25.5.